The van der Waals surface area contributed by atoms with Crippen molar-refractivity contribution in [3.8, 4) is 22.9 Å². The molecule has 7 nitrogen and oxygen atoms in total. The Morgan fingerprint density at radius 1 is 1.20 bits per heavy atom. The molecule has 1 aromatic heterocycles. The molecule has 7 heteroatoms. The van der Waals surface area contributed by atoms with Gasteiger partial charge in [-0.3, -0.25) is 4.79 Å². The van der Waals surface area contributed by atoms with Crippen molar-refractivity contribution >= 4 is 5.91 Å². The summed E-state index contributed by atoms with van der Waals surface area (Å²) in [6.45, 7) is 6.09. The minimum Gasteiger partial charge on any atom is -0.497 e. The zero-order valence-corrected chi connectivity index (χ0v) is 18.0. The number of hydrogen-bond donors (Lipinski definition) is 0. The van der Waals surface area contributed by atoms with Crippen LogP contribution in [0.2, 0.25) is 0 Å². The molecule has 0 bridgehead atoms. The molecule has 158 valence electrons. The van der Waals surface area contributed by atoms with Crippen LogP contribution in [-0.2, 0) is 11.3 Å². The molecule has 0 radical (unpaired) electrons. The van der Waals surface area contributed by atoms with E-state index in [4.69, 9.17) is 14.0 Å². The number of nitrogens with zero attached hydrogens (tertiary/aromatic N) is 3. The number of likely N-dealkylation sites (N-methyl/N-ethyl adjacent to an activating group) is 1. The molecule has 30 heavy (non-hydrogen) atoms. The third kappa shape index (κ3) is 4.97. The highest BCUT2D eigenvalue weighted by molar-refractivity contribution is 5.81. The third-order valence-electron chi connectivity index (χ3n) is 4.80. The summed E-state index contributed by atoms with van der Waals surface area (Å²) in [5.74, 6) is 2.09. The van der Waals surface area contributed by atoms with Gasteiger partial charge in [0, 0.05) is 12.6 Å². The predicted molar refractivity (Wildman–Crippen MR) is 113 cm³/mol. The van der Waals surface area contributed by atoms with Gasteiger partial charge in [-0.25, -0.2) is 0 Å². The molecule has 0 aliphatic heterocycles. The van der Waals surface area contributed by atoms with Gasteiger partial charge in [-0.2, -0.15) is 4.98 Å². The van der Waals surface area contributed by atoms with Gasteiger partial charge >= 0.3 is 0 Å². The molecule has 0 saturated carbocycles. The Morgan fingerprint density at radius 3 is 2.73 bits per heavy atom. The van der Waals surface area contributed by atoms with Crippen LogP contribution >= 0.6 is 0 Å². The Kier molecular flexibility index (Phi) is 6.72. The van der Waals surface area contributed by atoms with Gasteiger partial charge in [0.25, 0.3) is 5.91 Å². The van der Waals surface area contributed by atoms with Crippen LogP contribution in [0.5, 0.6) is 11.5 Å². The lowest BCUT2D eigenvalue weighted by Crippen LogP contribution is -2.39. The fourth-order valence-electron chi connectivity index (χ4n) is 3.02. The number of aromatic nitrogens is 2. The normalized spacial score (nSPS) is 11.8. The number of rotatable bonds is 8. The summed E-state index contributed by atoms with van der Waals surface area (Å²) in [5, 5.41) is 4.02. The lowest BCUT2D eigenvalue weighted by Gasteiger charge is -2.23. The van der Waals surface area contributed by atoms with E-state index in [0.717, 1.165) is 22.4 Å². The van der Waals surface area contributed by atoms with E-state index in [0.29, 0.717) is 23.9 Å². The van der Waals surface area contributed by atoms with Crippen molar-refractivity contribution in [1.82, 2.24) is 15.0 Å². The van der Waals surface area contributed by atoms with Crippen LogP contribution in [-0.4, -0.2) is 41.2 Å². The van der Waals surface area contributed by atoms with Gasteiger partial charge in [-0.05, 0) is 49.6 Å². The number of hydrogen-bond acceptors (Lipinski definition) is 6. The first kappa shape index (κ1) is 21.4. The smallest absolute Gasteiger partial charge is 0.263 e. The van der Waals surface area contributed by atoms with E-state index in [1.54, 1.807) is 19.1 Å². The van der Waals surface area contributed by atoms with Crippen LogP contribution in [0.3, 0.4) is 0 Å². The second-order valence-electron chi connectivity index (χ2n) is 7.22. The molecule has 0 spiro atoms. The standard InChI is InChI=1S/C23H27N3O4/c1-6-19(29-20-12-15(2)10-11-16(20)3)23(27)26(4)14-21-24-22(25-30-21)17-8-7-9-18(13-17)28-5/h7-13,19H,6,14H2,1-5H3. The zero-order chi connectivity index (χ0) is 21.7. The molecule has 1 atom stereocenters. The first-order valence-corrected chi connectivity index (χ1v) is 9.87. The van der Waals surface area contributed by atoms with Gasteiger partial charge in [0.1, 0.15) is 11.5 Å². The number of carbonyl (C=O) groups is 1. The molecule has 0 fully saturated rings. The molecule has 0 aliphatic carbocycles. The fraction of sp³-hybridized carbons (Fsp3) is 0.348. The molecule has 1 amide bonds. The summed E-state index contributed by atoms with van der Waals surface area (Å²) in [6, 6.07) is 13.4. The molecule has 0 aliphatic rings. The van der Waals surface area contributed by atoms with Crippen LogP contribution in [0.25, 0.3) is 11.4 Å². The lowest BCUT2D eigenvalue weighted by atomic mass is 10.1. The molecule has 2 aromatic carbocycles. The lowest BCUT2D eigenvalue weighted by molar-refractivity contribution is -0.138. The first-order chi connectivity index (χ1) is 14.4. The molecule has 1 heterocycles. The van der Waals surface area contributed by atoms with Crippen LogP contribution in [0, 0.1) is 13.8 Å². The first-order valence-electron chi connectivity index (χ1n) is 9.87. The topological polar surface area (TPSA) is 77.7 Å². The van der Waals surface area contributed by atoms with Crippen LogP contribution in [0.4, 0.5) is 0 Å². The monoisotopic (exact) mass is 409 g/mol. The maximum absolute atomic E-state index is 12.9. The van der Waals surface area contributed by atoms with Gasteiger partial charge < -0.3 is 18.9 Å². The number of methoxy groups -OCH3 is 1. The largest absolute Gasteiger partial charge is 0.497 e. The summed E-state index contributed by atoms with van der Waals surface area (Å²) in [4.78, 5) is 18.9. The second kappa shape index (κ2) is 9.43. The van der Waals surface area contributed by atoms with E-state index in [1.165, 1.54) is 0 Å². The van der Waals surface area contributed by atoms with Gasteiger partial charge in [0.15, 0.2) is 6.10 Å². The van der Waals surface area contributed by atoms with Crippen LogP contribution in [0.1, 0.15) is 30.4 Å². The summed E-state index contributed by atoms with van der Waals surface area (Å²) >= 11 is 0. The highest BCUT2D eigenvalue weighted by Gasteiger charge is 2.24. The Labute approximate surface area is 176 Å². The quantitative estimate of drug-likeness (QED) is 0.555. The summed E-state index contributed by atoms with van der Waals surface area (Å²) in [6.07, 6.45) is -0.0357. The Morgan fingerprint density at radius 2 is 2.00 bits per heavy atom. The average molecular weight is 409 g/mol. The minimum atomic E-state index is -0.587. The maximum Gasteiger partial charge on any atom is 0.263 e. The molecule has 1 unspecified atom stereocenters. The van der Waals surface area contributed by atoms with Crippen molar-refractivity contribution in [2.24, 2.45) is 0 Å². The number of amides is 1. The van der Waals surface area contributed by atoms with Gasteiger partial charge in [-0.1, -0.05) is 36.3 Å². The van der Waals surface area contributed by atoms with E-state index in [2.05, 4.69) is 10.1 Å². The van der Waals surface area contributed by atoms with E-state index < -0.39 is 6.10 Å². The van der Waals surface area contributed by atoms with Crippen molar-refractivity contribution in [2.75, 3.05) is 14.2 Å². The van der Waals surface area contributed by atoms with E-state index in [9.17, 15) is 4.79 Å². The highest BCUT2D eigenvalue weighted by atomic mass is 16.5. The minimum absolute atomic E-state index is 0.139. The third-order valence-corrected chi connectivity index (χ3v) is 4.80. The predicted octanol–water partition coefficient (Wildman–Crippen LogP) is 4.18. The van der Waals surface area contributed by atoms with Crippen molar-refractivity contribution in [2.45, 2.75) is 39.8 Å². The van der Waals surface area contributed by atoms with Crippen molar-refractivity contribution in [3.63, 3.8) is 0 Å². The number of benzene rings is 2. The average Bonchev–Trinajstić information content (AvgIpc) is 3.22. The molecule has 0 N–H and O–H groups in total. The SMILES string of the molecule is CCC(Oc1cc(C)ccc1C)C(=O)N(C)Cc1nc(-c2cccc(OC)c2)no1. The maximum atomic E-state index is 12.9. The number of carbonyl (C=O) groups excluding carboxylic acids is 1. The van der Waals surface area contributed by atoms with Crippen molar-refractivity contribution in [3.05, 3.63) is 59.5 Å². The van der Waals surface area contributed by atoms with E-state index in [1.807, 2.05) is 63.2 Å². The van der Waals surface area contributed by atoms with Crippen molar-refractivity contribution in [1.29, 1.82) is 0 Å². The highest BCUT2D eigenvalue weighted by Crippen LogP contribution is 2.23. The summed E-state index contributed by atoms with van der Waals surface area (Å²) < 4.78 is 16.6. The molecule has 3 rings (SSSR count). The van der Waals surface area contributed by atoms with Crippen LogP contribution < -0.4 is 9.47 Å². The van der Waals surface area contributed by atoms with E-state index in [-0.39, 0.29) is 12.5 Å². The van der Waals surface area contributed by atoms with Gasteiger partial charge in [-0.15, -0.1) is 0 Å². The Balaban J connectivity index is 1.68. The summed E-state index contributed by atoms with van der Waals surface area (Å²) in [5.41, 5.74) is 2.86. The number of aryl methyl sites for hydroxylation is 2. The molecular weight excluding hydrogens is 382 g/mol. The fourth-order valence-corrected chi connectivity index (χ4v) is 3.02. The molecule has 0 saturated heterocycles. The second-order valence-corrected chi connectivity index (χ2v) is 7.22. The van der Waals surface area contributed by atoms with Gasteiger partial charge in [0.05, 0.1) is 13.7 Å². The van der Waals surface area contributed by atoms with Crippen molar-refractivity contribution < 1.29 is 18.8 Å². The van der Waals surface area contributed by atoms with Gasteiger partial charge in [0.2, 0.25) is 11.7 Å². The molecular formula is C23H27N3O4. The van der Waals surface area contributed by atoms with E-state index >= 15 is 0 Å². The number of ether oxygens (including phenoxy) is 2. The molecule has 3 aromatic rings. The Hall–Kier alpha value is -3.35. The van der Waals surface area contributed by atoms with Crippen LogP contribution in [0.15, 0.2) is 47.0 Å². The Bertz CT molecular complexity index is 1020. The zero-order valence-electron chi connectivity index (χ0n) is 18.0. The summed E-state index contributed by atoms with van der Waals surface area (Å²) in [7, 11) is 3.30.